The Morgan fingerprint density at radius 2 is 1.77 bits per heavy atom. The van der Waals surface area contributed by atoms with Crippen LogP contribution in [-0.4, -0.2) is 11.1 Å². The maximum atomic E-state index is 10.7. The van der Waals surface area contributed by atoms with Crippen LogP contribution in [-0.2, 0) is 4.79 Å². The summed E-state index contributed by atoms with van der Waals surface area (Å²) >= 11 is 0. The van der Waals surface area contributed by atoms with Crippen LogP contribution in [0.5, 0.6) is 0 Å². The fourth-order valence-electron chi connectivity index (χ4n) is 1.26. The molecule has 0 heterocycles. The first-order chi connectivity index (χ1) is 6.13. The number of carboxylic acid groups (broad SMARTS) is 1. The molecule has 0 aliphatic rings. The van der Waals surface area contributed by atoms with E-state index in [-0.39, 0.29) is 11.8 Å². The maximum absolute atomic E-state index is 10.7. The molecule has 0 saturated carbocycles. The van der Waals surface area contributed by atoms with Crippen molar-refractivity contribution >= 4 is 5.97 Å². The molecule has 1 aromatic rings. The van der Waals surface area contributed by atoms with E-state index in [1.54, 1.807) is 6.92 Å². The van der Waals surface area contributed by atoms with E-state index in [2.05, 4.69) is 0 Å². The van der Waals surface area contributed by atoms with Gasteiger partial charge >= 0.3 is 5.97 Å². The Hall–Kier alpha value is -1.31. The van der Waals surface area contributed by atoms with Gasteiger partial charge in [-0.15, -0.1) is 0 Å². The third kappa shape index (κ3) is 2.31. The van der Waals surface area contributed by atoms with Crippen LogP contribution in [0.25, 0.3) is 0 Å². The fraction of sp³-hybridized carbons (Fsp3) is 0.364. The normalized spacial score (nSPS) is 14.9. The van der Waals surface area contributed by atoms with Gasteiger partial charge in [-0.3, -0.25) is 4.79 Å². The van der Waals surface area contributed by atoms with Crippen molar-refractivity contribution in [1.82, 2.24) is 0 Å². The summed E-state index contributed by atoms with van der Waals surface area (Å²) < 4.78 is 0. The van der Waals surface area contributed by atoms with E-state index >= 15 is 0 Å². The summed E-state index contributed by atoms with van der Waals surface area (Å²) in [7, 11) is 0. The highest BCUT2D eigenvalue weighted by Gasteiger charge is 2.20. The Balaban J connectivity index is 2.79. The topological polar surface area (TPSA) is 37.3 Å². The number of hydrogen-bond donors (Lipinski definition) is 1. The van der Waals surface area contributed by atoms with Gasteiger partial charge in [-0.2, -0.15) is 0 Å². The first-order valence-electron chi connectivity index (χ1n) is 4.40. The molecule has 2 nitrogen and oxygen atoms in total. The van der Waals surface area contributed by atoms with E-state index in [1.165, 1.54) is 0 Å². The lowest BCUT2D eigenvalue weighted by Crippen LogP contribution is -2.16. The van der Waals surface area contributed by atoms with Gasteiger partial charge < -0.3 is 5.11 Å². The maximum Gasteiger partial charge on any atom is 0.306 e. The minimum absolute atomic E-state index is 0.0682. The summed E-state index contributed by atoms with van der Waals surface area (Å²) in [6.45, 7) is 3.67. The van der Waals surface area contributed by atoms with Crippen molar-refractivity contribution in [2.75, 3.05) is 0 Å². The third-order valence-electron chi connectivity index (χ3n) is 2.46. The molecule has 0 aliphatic heterocycles. The molecule has 2 atom stereocenters. The average molecular weight is 178 g/mol. The van der Waals surface area contributed by atoms with Crippen LogP contribution in [0.3, 0.4) is 0 Å². The van der Waals surface area contributed by atoms with Gasteiger partial charge in [-0.25, -0.2) is 0 Å². The lowest BCUT2D eigenvalue weighted by molar-refractivity contribution is -0.141. The van der Waals surface area contributed by atoms with Crippen LogP contribution in [0, 0.1) is 5.92 Å². The van der Waals surface area contributed by atoms with E-state index < -0.39 is 5.97 Å². The van der Waals surface area contributed by atoms with Crippen LogP contribution in [0.4, 0.5) is 0 Å². The van der Waals surface area contributed by atoms with E-state index in [4.69, 9.17) is 5.11 Å². The van der Waals surface area contributed by atoms with Crippen molar-refractivity contribution in [3.63, 3.8) is 0 Å². The van der Waals surface area contributed by atoms with E-state index in [1.807, 2.05) is 37.3 Å². The van der Waals surface area contributed by atoms with Gasteiger partial charge in [0.1, 0.15) is 0 Å². The monoisotopic (exact) mass is 178 g/mol. The van der Waals surface area contributed by atoms with Gasteiger partial charge in [0, 0.05) is 0 Å². The lowest BCUT2D eigenvalue weighted by atomic mass is 9.89. The first-order valence-corrected chi connectivity index (χ1v) is 4.40. The van der Waals surface area contributed by atoms with E-state index in [0.717, 1.165) is 5.56 Å². The van der Waals surface area contributed by atoms with Crippen molar-refractivity contribution in [2.45, 2.75) is 19.8 Å². The Morgan fingerprint density at radius 1 is 1.23 bits per heavy atom. The van der Waals surface area contributed by atoms with E-state index in [0.29, 0.717) is 0 Å². The minimum Gasteiger partial charge on any atom is -0.481 e. The predicted molar refractivity (Wildman–Crippen MR) is 51.7 cm³/mol. The summed E-state index contributed by atoms with van der Waals surface area (Å²) in [5.41, 5.74) is 1.08. The molecule has 0 unspecified atom stereocenters. The molecular formula is C11H14O2. The summed E-state index contributed by atoms with van der Waals surface area (Å²) in [6.07, 6.45) is 0. The van der Waals surface area contributed by atoms with Crippen LogP contribution in [0.1, 0.15) is 25.3 Å². The molecule has 1 N–H and O–H groups in total. The first kappa shape index (κ1) is 9.78. The van der Waals surface area contributed by atoms with Crippen LogP contribution in [0.15, 0.2) is 30.3 Å². The second-order valence-corrected chi connectivity index (χ2v) is 3.33. The lowest BCUT2D eigenvalue weighted by Gasteiger charge is -2.15. The number of hydrogen-bond acceptors (Lipinski definition) is 1. The average Bonchev–Trinajstić information content (AvgIpc) is 2.17. The Morgan fingerprint density at radius 3 is 2.23 bits per heavy atom. The highest BCUT2D eigenvalue weighted by molar-refractivity contribution is 5.70. The molecule has 0 saturated heterocycles. The van der Waals surface area contributed by atoms with Gasteiger partial charge in [0.25, 0.3) is 0 Å². The van der Waals surface area contributed by atoms with Gasteiger partial charge in [0.2, 0.25) is 0 Å². The summed E-state index contributed by atoms with van der Waals surface area (Å²) in [5, 5.41) is 8.81. The molecule has 0 aliphatic carbocycles. The van der Waals surface area contributed by atoms with Gasteiger partial charge in [0.05, 0.1) is 5.92 Å². The quantitative estimate of drug-likeness (QED) is 0.772. The fourth-order valence-corrected chi connectivity index (χ4v) is 1.26. The summed E-state index contributed by atoms with van der Waals surface area (Å²) in [6, 6.07) is 9.72. The predicted octanol–water partition coefficient (Wildman–Crippen LogP) is 2.51. The Labute approximate surface area is 78.2 Å². The molecule has 0 fully saturated rings. The van der Waals surface area contributed by atoms with Crippen LogP contribution in [0.2, 0.25) is 0 Å². The second kappa shape index (κ2) is 4.08. The highest BCUT2D eigenvalue weighted by Crippen LogP contribution is 2.23. The van der Waals surface area contributed by atoms with Crippen molar-refractivity contribution in [3.8, 4) is 0 Å². The molecule has 13 heavy (non-hydrogen) atoms. The third-order valence-corrected chi connectivity index (χ3v) is 2.46. The largest absolute Gasteiger partial charge is 0.481 e. The van der Waals surface area contributed by atoms with Crippen LogP contribution < -0.4 is 0 Å². The zero-order valence-electron chi connectivity index (χ0n) is 7.90. The van der Waals surface area contributed by atoms with Crippen LogP contribution >= 0.6 is 0 Å². The van der Waals surface area contributed by atoms with Gasteiger partial charge in [-0.1, -0.05) is 44.2 Å². The SMILES string of the molecule is C[C@H](C(=O)O)[C@@H](C)c1ccccc1. The molecule has 0 aromatic heterocycles. The standard InChI is InChI=1S/C11H14O2/c1-8(9(2)11(12)13)10-6-4-3-5-7-10/h3-9H,1-2H3,(H,12,13)/t8-,9+/m1/s1. The molecule has 1 rings (SSSR count). The van der Waals surface area contributed by atoms with Crippen molar-refractivity contribution < 1.29 is 9.90 Å². The molecule has 2 heteroatoms. The molecule has 0 spiro atoms. The summed E-state index contributed by atoms with van der Waals surface area (Å²) in [5.74, 6) is -1.00. The van der Waals surface area contributed by atoms with Crippen molar-refractivity contribution in [2.24, 2.45) is 5.92 Å². The van der Waals surface area contributed by atoms with Crippen molar-refractivity contribution in [1.29, 1.82) is 0 Å². The van der Waals surface area contributed by atoms with E-state index in [9.17, 15) is 4.79 Å². The number of carbonyl (C=O) groups is 1. The Bertz CT molecular complexity index is 279. The molecule has 0 radical (unpaired) electrons. The zero-order valence-corrected chi connectivity index (χ0v) is 7.90. The Kier molecular flexibility index (Phi) is 3.07. The van der Waals surface area contributed by atoms with Crippen molar-refractivity contribution in [3.05, 3.63) is 35.9 Å². The zero-order chi connectivity index (χ0) is 9.84. The number of carboxylic acids is 1. The molecule has 0 amide bonds. The molecular weight excluding hydrogens is 164 g/mol. The molecule has 0 bridgehead atoms. The number of rotatable bonds is 3. The van der Waals surface area contributed by atoms with Gasteiger partial charge in [-0.05, 0) is 11.5 Å². The molecule has 70 valence electrons. The molecule has 1 aromatic carbocycles. The number of aliphatic carboxylic acids is 1. The highest BCUT2D eigenvalue weighted by atomic mass is 16.4. The number of benzene rings is 1. The smallest absolute Gasteiger partial charge is 0.306 e. The minimum atomic E-state index is -0.739. The second-order valence-electron chi connectivity index (χ2n) is 3.33. The van der Waals surface area contributed by atoms with Gasteiger partial charge in [0.15, 0.2) is 0 Å². The summed E-state index contributed by atoms with van der Waals surface area (Å²) in [4.78, 5) is 10.7.